The van der Waals surface area contributed by atoms with Crippen molar-refractivity contribution in [2.75, 3.05) is 38.6 Å². The van der Waals surface area contributed by atoms with Crippen LogP contribution in [0.25, 0.3) is 0 Å². The third-order valence-electron chi connectivity index (χ3n) is 3.41. The molecule has 1 aliphatic heterocycles. The molecule has 1 fully saturated rings. The third kappa shape index (κ3) is 3.79. The Bertz CT molecular complexity index is 570. The smallest absolute Gasteiger partial charge is 0.409 e. The number of methoxy groups -OCH3 is 1. The molecule has 1 aliphatic rings. The molecule has 1 N–H and O–H groups in total. The Morgan fingerprint density at radius 2 is 1.91 bits per heavy atom. The summed E-state index contributed by atoms with van der Waals surface area (Å²) < 4.78 is 18.5. The first-order chi connectivity index (χ1) is 10.5. The molecule has 0 aliphatic carbocycles. The Morgan fingerprint density at radius 3 is 2.64 bits per heavy atom. The van der Waals surface area contributed by atoms with Gasteiger partial charge in [-0.3, -0.25) is 0 Å². The molecule has 0 saturated carbocycles. The number of nitrogens with zero attached hydrogens (tertiary/aromatic N) is 2. The van der Waals surface area contributed by atoms with Crippen molar-refractivity contribution in [2.24, 2.45) is 0 Å². The molecule has 6 nitrogen and oxygen atoms in total. The molecule has 0 unspecified atom stereocenters. The summed E-state index contributed by atoms with van der Waals surface area (Å²) in [6, 6.07) is 3.99. The number of carbonyl (C=O) groups is 2. The van der Waals surface area contributed by atoms with Crippen LogP contribution in [-0.4, -0.2) is 55.2 Å². The predicted octanol–water partition coefficient (Wildman–Crippen LogP) is 2.79. The van der Waals surface area contributed by atoms with Crippen LogP contribution in [0.2, 0.25) is 5.02 Å². The van der Waals surface area contributed by atoms with Crippen LogP contribution in [0, 0.1) is 5.82 Å². The molecule has 8 heteroatoms. The molecule has 0 aromatic heterocycles. The fourth-order valence-corrected chi connectivity index (χ4v) is 2.40. The molecule has 120 valence electrons. The van der Waals surface area contributed by atoms with Crippen LogP contribution >= 0.6 is 11.6 Å². The number of rotatable bonds is 1. The first kappa shape index (κ1) is 16.4. The number of ether oxygens (including phenoxy) is 1. The normalized spacial score (nSPS) is 15.2. The minimum atomic E-state index is -0.663. The van der Waals surface area contributed by atoms with Gasteiger partial charge in [0.2, 0.25) is 0 Å². The molecular weight excluding hydrogens is 313 g/mol. The molecule has 1 heterocycles. The maximum Gasteiger partial charge on any atom is 0.409 e. The van der Waals surface area contributed by atoms with Crippen LogP contribution in [0.4, 0.5) is 19.7 Å². The number of halogens is 2. The summed E-state index contributed by atoms with van der Waals surface area (Å²) in [5.41, 5.74) is 0.0339. The summed E-state index contributed by atoms with van der Waals surface area (Å²) in [5, 5.41) is 2.45. The van der Waals surface area contributed by atoms with Gasteiger partial charge in [-0.2, -0.15) is 0 Å². The van der Waals surface area contributed by atoms with Crippen LogP contribution in [-0.2, 0) is 4.74 Å². The topological polar surface area (TPSA) is 61.9 Å². The van der Waals surface area contributed by atoms with Gasteiger partial charge in [-0.25, -0.2) is 14.0 Å². The second-order valence-corrected chi connectivity index (χ2v) is 5.24. The van der Waals surface area contributed by atoms with Crippen molar-refractivity contribution < 1.29 is 18.7 Å². The highest BCUT2D eigenvalue weighted by molar-refractivity contribution is 6.31. The van der Waals surface area contributed by atoms with Crippen molar-refractivity contribution in [1.82, 2.24) is 9.80 Å². The average molecular weight is 330 g/mol. The van der Waals surface area contributed by atoms with Crippen molar-refractivity contribution in [3.05, 3.63) is 29.0 Å². The third-order valence-corrected chi connectivity index (χ3v) is 3.70. The molecule has 1 saturated heterocycles. The van der Waals surface area contributed by atoms with E-state index in [2.05, 4.69) is 10.1 Å². The largest absolute Gasteiger partial charge is 0.453 e. The maximum atomic E-state index is 13.8. The first-order valence-corrected chi connectivity index (χ1v) is 7.23. The lowest BCUT2D eigenvalue weighted by molar-refractivity contribution is 0.125. The van der Waals surface area contributed by atoms with Gasteiger partial charge in [0.05, 0.1) is 17.8 Å². The Balaban J connectivity index is 1.98. The van der Waals surface area contributed by atoms with Gasteiger partial charge in [0.25, 0.3) is 0 Å². The van der Waals surface area contributed by atoms with Gasteiger partial charge in [0, 0.05) is 26.2 Å². The number of carbonyl (C=O) groups excluding carboxylic acids is 2. The number of urea groups is 1. The Labute approximate surface area is 132 Å². The molecule has 0 atom stereocenters. The molecule has 3 amide bonds. The number of anilines is 1. The lowest BCUT2D eigenvalue weighted by Crippen LogP contribution is -2.39. The molecule has 22 heavy (non-hydrogen) atoms. The lowest BCUT2D eigenvalue weighted by atomic mass is 10.3. The number of amides is 3. The summed E-state index contributed by atoms with van der Waals surface area (Å²) in [7, 11) is 1.32. The highest BCUT2D eigenvalue weighted by Crippen LogP contribution is 2.22. The Kier molecular flexibility index (Phi) is 5.43. The van der Waals surface area contributed by atoms with Crippen molar-refractivity contribution in [3.63, 3.8) is 0 Å². The van der Waals surface area contributed by atoms with Crippen LogP contribution in [0.5, 0.6) is 0 Å². The van der Waals surface area contributed by atoms with Crippen LogP contribution in [0.15, 0.2) is 18.2 Å². The number of benzene rings is 1. The Hall–Kier alpha value is -2.02. The van der Waals surface area contributed by atoms with Crippen molar-refractivity contribution >= 4 is 29.4 Å². The van der Waals surface area contributed by atoms with Gasteiger partial charge in [0.1, 0.15) is 0 Å². The molecule has 1 aromatic rings. The van der Waals surface area contributed by atoms with Crippen LogP contribution < -0.4 is 5.32 Å². The SMILES string of the molecule is COC(=O)N1CCCN(C(=O)Nc2cccc(Cl)c2F)CC1. The average Bonchev–Trinajstić information content (AvgIpc) is 2.77. The van der Waals surface area contributed by atoms with E-state index < -0.39 is 17.9 Å². The minimum Gasteiger partial charge on any atom is -0.453 e. The number of nitrogens with one attached hydrogen (secondary N) is 1. The Morgan fingerprint density at radius 1 is 1.23 bits per heavy atom. The minimum absolute atomic E-state index is 0.0339. The fraction of sp³-hybridized carbons (Fsp3) is 0.429. The number of hydrogen-bond donors (Lipinski definition) is 1. The highest BCUT2D eigenvalue weighted by Gasteiger charge is 2.23. The second kappa shape index (κ2) is 7.31. The molecular formula is C14H17ClFN3O3. The van der Waals surface area contributed by atoms with Crippen molar-refractivity contribution in [1.29, 1.82) is 0 Å². The van der Waals surface area contributed by atoms with E-state index in [4.69, 9.17) is 11.6 Å². The summed E-state index contributed by atoms with van der Waals surface area (Å²) in [4.78, 5) is 26.8. The van der Waals surface area contributed by atoms with Crippen LogP contribution in [0.3, 0.4) is 0 Å². The maximum absolute atomic E-state index is 13.8. The van der Waals surface area contributed by atoms with E-state index in [1.807, 2.05) is 0 Å². The zero-order chi connectivity index (χ0) is 16.1. The van der Waals surface area contributed by atoms with Gasteiger partial charge in [-0.15, -0.1) is 0 Å². The van der Waals surface area contributed by atoms with Gasteiger partial charge >= 0.3 is 12.1 Å². The van der Waals surface area contributed by atoms with Gasteiger partial charge < -0.3 is 19.9 Å². The van der Waals surface area contributed by atoms with E-state index >= 15 is 0 Å². The predicted molar refractivity (Wildman–Crippen MR) is 80.6 cm³/mol. The molecule has 1 aromatic carbocycles. The van der Waals surface area contributed by atoms with E-state index in [1.54, 1.807) is 6.07 Å². The zero-order valence-corrected chi connectivity index (χ0v) is 12.9. The molecule has 2 rings (SSSR count). The monoisotopic (exact) mass is 329 g/mol. The van der Waals surface area contributed by atoms with E-state index in [-0.39, 0.29) is 10.7 Å². The van der Waals surface area contributed by atoms with Gasteiger partial charge in [-0.1, -0.05) is 17.7 Å². The standard InChI is InChI=1S/C14H17ClFN3O3/c1-22-14(21)19-7-3-6-18(8-9-19)13(20)17-11-5-2-4-10(15)12(11)16/h2,4-5H,3,6-9H2,1H3,(H,17,20). The first-order valence-electron chi connectivity index (χ1n) is 6.85. The molecule has 0 bridgehead atoms. The van der Waals surface area contributed by atoms with E-state index in [0.29, 0.717) is 32.6 Å². The summed E-state index contributed by atoms with van der Waals surface area (Å²) in [5.74, 6) is -0.663. The quantitative estimate of drug-likeness (QED) is 0.861. The van der Waals surface area contributed by atoms with E-state index in [0.717, 1.165) is 0 Å². The van der Waals surface area contributed by atoms with Gasteiger partial charge in [-0.05, 0) is 18.6 Å². The van der Waals surface area contributed by atoms with E-state index in [1.165, 1.54) is 29.0 Å². The van der Waals surface area contributed by atoms with Crippen LogP contribution in [0.1, 0.15) is 6.42 Å². The lowest BCUT2D eigenvalue weighted by Gasteiger charge is -2.22. The van der Waals surface area contributed by atoms with E-state index in [9.17, 15) is 14.0 Å². The van der Waals surface area contributed by atoms with Crippen molar-refractivity contribution in [3.8, 4) is 0 Å². The van der Waals surface area contributed by atoms with Gasteiger partial charge in [0.15, 0.2) is 5.82 Å². The zero-order valence-electron chi connectivity index (χ0n) is 12.1. The summed E-state index contributed by atoms with van der Waals surface area (Å²) >= 11 is 5.68. The molecule has 0 spiro atoms. The fourth-order valence-electron chi connectivity index (χ4n) is 2.23. The van der Waals surface area contributed by atoms with Crippen molar-refractivity contribution in [2.45, 2.75) is 6.42 Å². The highest BCUT2D eigenvalue weighted by atomic mass is 35.5. The second-order valence-electron chi connectivity index (χ2n) is 4.83. The summed E-state index contributed by atoms with van der Waals surface area (Å²) in [6.45, 7) is 1.71. The summed E-state index contributed by atoms with van der Waals surface area (Å²) in [6.07, 6.45) is 0.212. The number of hydrogen-bond acceptors (Lipinski definition) is 3. The molecule has 0 radical (unpaired) electrons.